The van der Waals surface area contributed by atoms with E-state index in [1.165, 1.54) is 0 Å². The second-order valence-electron chi connectivity index (χ2n) is 5.97. The van der Waals surface area contributed by atoms with Crippen molar-refractivity contribution in [2.45, 2.75) is 38.6 Å². The standard InChI is InChI=1S/C16H20N6/c1-12(2)22-11-18-20-16(22)13-5-4-8-21(10-13)15-7-3-6-14(9-17)19-15/h3,6-7,11-13H,4-5,8,10H2,1-2H3. The van der Waals surface area contributed by atoms with Gasteiger partial charge in [-0.3, -0.25) is 0 Å². The van der Waals surface area contributed by atoms with Gasteiger partial charge in [0.05, 0.1) is 0 Å². The first kappa shape index (κ1) is 14.5. The molecule has 3 rings (SSSR count). The minimum absolute atomic E-state index is 0.353. The van der Waals surface area contributed by atoms with Crippen molar-refractivity contribution in [3.63, 3.8) is 0 Å². The molecule has 1 aliphatic rings. The highest BCUT2D eigenvalue weighted by Crippen LogP contribution is 2.29. The lowest BCUT2D eigenvalue weighted by Crippen LogP contribution is -2.36. The van der Waals surface area contributed by atoms with Gasteiger partial charge in [-0.15, -0.1) is 10.2 Å². The van der Waals surface area contributed by atoms with E-state index >= 15 is 0 Å². The monoisotopic (exact) mass is 296 g/mol. The number of hydrogen-bond donors (Lipinski definition) is 0. The van der Waals surface area contributed by atoms with Crippen molar-refractivity contribution in [2.24, 2.45) is 0 Å². The van der Waals surface area contributed by atoms with Gasteiger partial charge in [-0.2, -0.15) is 5.26 Å². The van der Waals surface area contributed by atoms with Gasteiger partial charge in [0, 0.05) is 25.0 Å². The average Bonchev–Trinajstić information content (AvgIpc) is 3.05. The predicted molar refractivity (Wildman–Crippen MR) is 83.5 cm³/mol. The number of anilines is 1. The molecule has 114 valence electrons. The van der Waals surface area contributed by atoms with Crippen molar-refractivity contribution in [2.75, 3.05) is 18.0 Å². The summed E-state index contributed by atoms with van der Waals surface area (Å²) in [6.07, 6.45) is 4.02. The van der Waals surface area contributed by atoms with E-state index in [9.17, 15) is 0 Å². The fraction of sp³-hybridized carbons (Fsp3) is 0.500. The summed E-state index contributed by atoms with van der Waals surface area (Å²) in [4.78, 5) is 6.65. The molecule has 1 atom stereocenters. The molecular weight excluding hydrogens is 276 g/mol. The normalized spacial score (nSPS) is 18.5. The largest absolute Gasteiger partial charge is 0.356 e. The highest BCUT2D eigenvalue weighted by Gasteiger charge is 2.26. The molecule has 0 N–H and O–H groups in total. The smallest absolute Gasteiger partial charge is 0.142 e. The topological polar surface area (TPSA) is 70.6 Å². The molecule has 22 heavy (non-hydrogen) atoms. The molecule has 6 nitrogen and oxygen atoms in total. The Balaban J connectivity index is 1.82. The van der Waals surface area contributed by atoms with E-state index in [0.717, 1.165) is 37.6 Å². The van der Waals surface area contributed by atoms with Gasteiger partial charge < -0.3 is 9.47 Å². The number of hydrogen-bond acceptors (Lipinski definition) is 5. The van der Waals surface area contributed by atoms with Gasteiger partial charge in [0.2, 0.25) is 0 Å². The number of nitriles is 1. The quantitative estimate of drug-likeness (QED) is 0.870. The summed E-state index contributed by atoms with van der Waals surface area (Å²) in [5, 5.41) is 17.4. The van der Waals surface area contributed by atoms with Crippen LogP contribution < -0.4 is 4.90 Å². The summed E-state index contributed by atoms with van der Waals surface area (Å²) in [5.74, 6) is 2.28. The zero-order valence-electron chi connectivity index (χ0n) is 13.0. The molecule has 0 spiro atoms. The van der Waals surface area contributed by atoms with Crippen LogP contribution in [0.3, 0.4) is 0 Å². The Morgan fingerprint density at radius 1 is 1.36 bits per heavy atom. The van der Waals surface area contributed by atoms with Crippen LogP contribution in [0.4, 0.5) is 5.82 Å². The lowest BCUT2D eigenvalue weighted by atomic mass is 9.97. The van der Waals surface area contributed by atoms with Gasteiger partial charge in [0.1, 0.15) is 29.7 Å². The Kier molecular flexibility index (Phi) is 4.05. The molecule has 0 aliphatic carbocycles. The highest BCUT2D eigenvalue weighted by atomic mass is 15.3. The molecule has 0 saturated carbocycles. The highest BCUT2D eigenvalue weighted by molar-refractivity contribution is 5.42. The van der Waals surface area contributed by atoms with Crippen LogP contribution in [0.25, 0.3) is 0 Å². The minimum Gasteiger partial charge on any atom is -0.356 e. The summed E-state index contributed by atoms with van der Waals surface area (Å²) in [6.45, 7) is 6.12. The van der Waals surface area contributed by atoms with Crippen molar-refractivity contribution in [3.05, 3.63) is 36.0 Å². The fourth-order valence-corrected chi connectivity index (χ4v) is 3.00. The van der Waals surface area contributed by atoms with Crippen LogP contribution in [0.15, 0.2) is 24.5 Å². The molecule has 1 aliphatic heterocycles. The summed E-state index contributed by atoms with van der Waals surface area (Å²) >= 11 is 0. The third-order valence-corrected chi connectivity index (χ3v) is 4.12. The maximum atomic E-state index is 9.01. The van der Waals surface area contributed by atoms with Crippen LogP contribution in [0.5, 0.6) is 0 Å². The van der Waals surface area contributed by atoms with Crippen molar-refractivity contribution in [1.82, 2.24) is 19.7 Å². The maximum absolute atomic E-state index is 9.01. The Labute approximate surface area is 130 Å². The van der Waals surface area contributed by atoms with E-state index < -0.39 is 0 Å². The molecule has 2 aromatic heterocycles. The third-order valence-electron chi connectivity index (χ3n) is 4.12. The molecule has 0 bridgehead atoms. The van der Waals surface area contributed by atoms with Gasteiger partial charge in [-0.25, -0.2) is 4.98 Å². The first-order chi connectivity index (χ1) is 10.7. The average molecular weight is 296 g/mol. The molecule has 1 saturated heterocycles. The third kappa shape index (κ3) is 2.80. The second kappa shape index (κ2) is 6.14. The molecule has 0 amide bonds. The minimum atomic E-state index is 0.353. The summed E-state index contributed by atoms with van der Waals surface area (Å²) in [6, 6.07) is 8.06. The lowest BCUT2D eigenvalue weighted by Gasteiger charge is -2.33. The second-order valence-corrected chi connectivity index (χ2v) is 5.97. The molecular formula is C16H20N6. The van der Waals surface area contributed by atoms with Gasteiger partial charge in [0.15, 0.2) is 0 Å². The molecule has 0 aromatic carbocycles. The van der Waals surface area contributed by atoms with E-state index in [-0.39, 0.29) is 0 Å². The Hall–Kier alpha value is -2.42. The van der Waals surface area contributed by atoms with Crippen molar-refractivity contribution < 1.29 is 0 Å². The molecule has 3 heterocycles. The first-order valence-electron chi connectivity index (χ1n) is 7.70. The van der Waals surface area contributed by atoms with Crippen LogP contribution >= 0.6 is 0 Å². The predicted octanol–water partition coefficient (Wildman–Crippen LogP) is 2.51. The Bertz CT molecular complexity index is 684. The van der Waals surface area contributed by atoms with Gasteiger partial charge in [0.25, 0.3) is 0 Å². The van der Waals surface area contributed by atoms with Crippen LogP contribution in [-0.2, 0) is 0 Å². The maximum Gasteiger partial charge on any atom is 0.142 e. The fourth-order valence-electron chi connectivity index (χ4n) is 3.00. The molecule has 0 radical (unpaired) electrons. The zero-order valence-corrected chi connectivity index (χ0v) is 13.0. The number of aromatic nitrogens is 4. The summed E-state index contributed by atoms with van der Waals surface area (Å²) < 4.78 is 2.15. The van der Waals surface area contributed by atoms with E-state index in [1.807, 2.05) is 18.5 Å². The van der Waals surface area contributed by atoms with Crippen molar-refractivity contribution >= 4 is 5.82 Å². The van der Waals surface area contributed by atoms with Crippen LogP contribution in [-0.4, -0.2) is 32.8 Å². The van der Waals surface area contributed by atoms with E-state index in [1.54, 1.807) is 6.07 Å². The molecule has 1 fully saturated rings. The van der Waals surface area contributed by atoms with Crippen molar-refractivity contribution in [3.8, 4) is 6.07 Å². The molecule has 2 aromatic rings. The summed E-state index contributed by atoms with van der Waals surface area (Å²) in [7, 11) is 0. The molecule has 6 heteroatoms. The Morgan fingerprint density at radius 2 is 2.23 bits per heavy atom. The van der Waals surface area contributed by atoms with Gasteiger partial charge in [-0.05, 0) is 38.8 Å². The Morgan fingerprint density at radius 3 is 3.00 bits per heavy atom. The van der Waals surface area contributed by atoms with Gasteiger partial charge in [-0.1, -0.05) is 6.07 Å². The number of pyridine rings is 1. The van der Waals surface area contributed by atoms with E-state index in [4.69, 9.17) is 5.26 Å². The lowest BCUT2D eigenvalue weighted by molar-refractivity contribution is 0.453. The van der Waals surface area contributed by atoms with Crippen molar-refractivity contribution in [1.29, 1.82) is 5.26 Å². The van der Waals surface area contributed by atoms with Crippen LogP contribution in [0.1, 0.15) is 50.2 Å². The van der Waals surface area contributed by atoms with Crippen LogP contribution in [0, 0.1) is 11.3 Å². The van der Waals surface area contributed by atoms with E-state index in [0.29, 0.717) is 17.7 Å². The number of rotatable bonds is 3. The number of nitrogens with zero attached hydrogens (tertiary/aromatic N) is 6. The van der Waals surface area contributed by atoms with E-state index in [2.05, 4.69) is 44.6 Å². The number of piperidine rings is 1. The van der Waals surface area contributed by atoms with Gasteiger partial charge >= 0.3 is 0 Å². The summed E-state index contributed by atoms with van der Waals surface area (Å²) in [5.41, 5.74) is 0.463. The zero-order chi connectivity index (χ0) is 15.5. The first-order valence-corrected chi connectivity index (χ1v) is 7.70. The molecule has 1 unspecified atom stereocenters. The van der Waals surface area contributed by atoms with Crippen LogP contribution in [0.2, 0.25) is 0 Å². The SMILES string of the molecule is CC(C)n1cnnc1C1CCCN(c2cccc(C#N)n2)C1.